The summed E-state index contributed by atoms with van der Waals surface area (Å²) in [7, 11) is -3.48. The van der Waals surface area contributed by atoms with E-state index in [1.807, 2.05) is 29.8 Å². The Balaban J connectivity index is 2.06. The number of rotatable bonds is 7. The second-order valence-corrected chi connectivity index (χ2v) is 6.82. The van der Waals surface area contributed by atoms with Crippen LogP contribution in [0.15, 0.2) is 46.0 Å². The Morgan fingerprint density at radius 3 is 2.70 bits per heavy atom. The van der Waals surface area contributed by atoms with Crippen molar-refractivity contribution in [1.82, 2.24) is 4.72 Å². The molecule has 0 saturated heterocycles. The summed E-state index contributed by atoms with van der Waals surface area (Å²) in [4.78, 5) is 0.298. The highest BCUT2D eigenvalue weighted by Gasteiger charge is 2.17. The lowest BCUT2D eigenvalue weighted by atomic mass is 10.2. The molecule has 2 rings (SSSR count). The molecule has 1 aromatic heterocycles. The zero-order valence-corrected chi connectivity index (χ0v) is 12.9. The molecular formula is C14H18N2O2S2. The summed E-state index contributed by atoms with van der Waals surface area (Å²) in [5.74, 6) is 0. The van der Waals surface area contributed by atoms with E-state index in [-0.39, 0.29) is 0 Å². The first-order chi connectivity index (χ1) is 9.63. The van der Waals surface area contributed by atoms with Crippen molar-refractivity contribution in [2.24, 2.45) is 0 Å². The van der Waals surface area contributed by atoms with Crippen molar-refractivity contribution in [3.8, 4) is 0 Å². The summed E-state index contributed by atoms with van der Waals surface area (Å²) in [6.45, 7) is 3.02. The first-order valence-electron chi connectivity index (χ1n) is 6.47. The Morgan fingerprint density at radius 1 is 1.20 bits per heavy atom. The standard InChI is InChI=1S/C14H18N2O2S2/c1-2-15-13-5-3-4-6-14(13)20(17,18)16-9-7-12-8-10-19-11-12/h3-6,8,10-11,15-16H,2,7,9H2,1H3. The van der Waals surface area contributed by atoms with Crippen molar-refractivity contribution >= 4 is 27.0 Å². The Kier molecular flexibility index (Phi) is 5.17. The van der Waals surface area contributed by atoms with Crippen LogP contribution in [0.2, 0.25) is 0 Å². The maximum atomic E-state index is 12.3. The molecule has 0 radical (unpaired) electrons. The second-order valence-electron chi connectivity index (χ2n) is 4.31. The van der Waals surface area contributed by atoms with Gasteiger partial charge in [0.1, 0.15) is 4.90 Å². The summed E-state index contributed by atoms with van der Waals surface area (Å²) in [6.07, 6.45) is 0.700. The van der Waals surface area contributed by atoms with Gasteiger partial charge in [0.05, 0.1) is 5.69 Å². The van der Waals surface area contributed by atoms with Crippen LogP contribution in [0.3, 0.4) is 0 Å². The van der Waals surface area contributed by atoms with E-state index >= 15 is 0 Å². The topological polar surface area (TPSA) is 58.2 Å². The van der Waals surface area contributed by atoms with Crippen molar-refractivity contribution < 1.29 is 8.42 Å². The quantitative estimate of drug-likeness (QED) is 0.826. The van der Waals surface area contributed by atoms with E-state index < -0.39 is 10.0 Å². The minimum absolute atomic E-state index is 0.298. The number of hydrogen-bond donors (Lipinski definition) is 2. The van der Waals surface area contributed by atoms with Gasteiger partial charge in [-0.1, -0.05) is 12.1 Å². The van der Waals surface area contributed by atoms with E-state index in [1.54, 1.807) is 29.5 Å². The highest BCUT2D eigenvalue weighted by atomic mass is 32.2. The van der Waals surface area contributed by atoms with Gasteiger partial charge in [-0.2, -0.15) is 11.3 Å². The van der Waals surface area contributed by atoms with Crippen molar-refractivity contribution in [2.45, 2.75) is 18.2 Å². The molecule has 0 fully saturated rings. The third-order valence-electron chi connectivity index (χ3n) is 2.83. The normalized spacial score (nSPS) is 11.4. The molecule has 0 amide bonds. The van der Waals surface area contributed by atoms with Gasteiger partial charge in [0, 0.05) is 13.1 Å². The zero-order chi connectivity index (χ0) is 14.4. The molecule has 0 bridgehead atoms. The third kappa shape index (κ3) is 3.82. The number of sulfonamides is 1. The monoisotopic (exact) mass is 310 g/mol. The molecule has 20 heavy (non-hydrogen) atoms. The summed E-state index contributed by atoms with van der Waals surface area (Å²) in [5.41, 5.74) is 1.79. The molecule has 0 aliphatic carbocycles. The fourth-order valence-corrected chi connectivity index (χ4v) is 3.80. The molecule has 108 valence electrons. The van der Waals surface area contributed by atoms with Gasteiger partial charge in [0.25, 0.3) is 0 Å². The molecule has 0 spiro atoms. The second kappa shape index (κ2) is 6.88. The molecule has 2 N–H and O–H groups in total. The SMILES string of the molecule is CCNc1ccccc1S(=O)(=O)NCCc1ccsc1. The molecule has 6 heteroatoms. The van der Waals surface area contributed by atoms with Crippen LogP contribution in [0.1, 0.15) is 12.5 Å². The lowest BCUT2D eigenvalue weighted by molar-refractivity contribution is 0.582. The zero-order valence-electron chi connectivity index (χ0n) is 11.3. The van der Waals surface area contributed by atoms with Gasteiger partial charge in [0.15, 0.2) is 0 Å². The minimum Gasteiger partial charge on any atom is -0.384 e. The number of para-hydroxylation sites is 1. The maximum absolute atomic E-state index is 12.3. The van der Waals surface area contributed by atoms with E-state index in [4.69, 9.17) is 0 Å². The lowest BCUT2D eigenvalue weighted by Gasteiger charge is -2.12. The molecule has 0 aliphatic heterocycles. The van der Waals surface area contributed by atoms with Gasteiger partial charge in [-0.25, -0.2) is 13.1 Å². The summed E-state index contributed by atoms with van der Waals surface area (Å²) in [6, 6.07) is 8.95. The fraction of sp³-hybridized carbons (Fsp3) is 0.286. The van der Waals surface area contributed by atoms with Gasteiger partial charge >= 0.3 is 0 Å². The van der Waals surface area contributed by atoms with Crippen LogP contribution >= 0.6 is 11.3 Å². The van der Waals surface area contributed by atoms with Crippen LogP contribution in [0.4, 0.5) is 5.69 Å². The molecule has 0 unspecified atom stereocenters. The van der Waals surface area contributed by atoms with Gasteiger partial charge in [-0.05, 0) is 47.9 Å². The molecule has 1 heterocycles. The van der Waals surface area contributed by atoms with Crippen molar-refractivity contribution in [3.63, 3.8) is 0 Å². The number of nitrogens with one attached hydrogen (secondary N) is 2. The molecule has 2 aromatic rings. The van der Waals surface area contributed by atoms with Crippen LogP contribution < -0.4 is 10.0 Å². The van der Waals surface area contributed by atoms with Crippen LogP contribution in [-0.4, -0.2) is 21.5 Å². The lowest BCUT2D eigenvalue weighted by Crippen LogP contribution is -2.26. The summed E-state index contributed by atoms with van der Waals surface area (Å²) in [5, 5.41) is 7.09. The van der Waals surface area contributed by atoms with Gasteiger partial charge in [-0.15, -0.1) is 0 Å². The Bertz CT molecular complexity index is 637. The smallest absolute Gasteiger partial charge is 0.242 e. The van der Waals surface area contributed by atoms with Crippen molar-refractivity contribution in [1.29, 1.82) is 0 Å². The molecule has 0 aliphatic rings. The number of anilines is 1. The summed E-state index contributed by atoms with van der Waals surface area (Å²) >= 11 is 1.62. The Labute approximate surface area is 123 Å². The van der Waals surface area contributed by atoms with Crippen LogP contribution in [0, 0.1) is 0 Å². The van der Waals surface area contributed by atoms with E-state index in [9.17, 15) is 8.42 Å². The van der Waals surface area contributed by atoms with Gasteiger partial charge in [0.2, 0.25) is 10.0 Å². The molecule has 4 nitrogen and oxygen atoms in total. The van der Waals surface area contributed by atoms with Gasteiger partial charge < -0.3 is 5.32 Å². The van der Waals surface area contributed by atoms with E-state index in [0.29, 0.717) is 30.1 Å². The third-order valence-corrected chi connectivity index (χ3v) is 5.08. The van der Waals surface area contributed by atoms with Crippen LogP contribution in [0.25, 0.3) is 0 Å². The number of thiophene rings is 1. The van der Waals surface area contributed by atoms with Crippen LogP contribution in [-0.2, 0) is 16.4 Å². The molecule has 0 saturated carbocycles. The average molecular weight is 310 g/mol. The predicted molar refractivity (Wildman–Crippen MR) is 83.8 cm³/mol. The predicted octanol–water partition coefficient (Wildman–Crippen LogP) is 2.70. The maximum Gasteiger partial charge on any atom is 0.242 e. The largest absolute Gasteiger partial charge is 0.384 e. The first kappa shape index (κ1) is 15.0. The van der Waals surface area contributed by atoms with Crippen molar-refractivity contribution in [2.75, 3.05) is 18.4 Å². The van der Waals surface area contributed by atoms with Crippen molar-refractivity contribution in [3.05, 3.63) is 46.7 Å². The minimum atomic E-state index is -3.48. The highest BCUT2D eigenvalue weighted by Crippen LogP contribution is 2.20. The van der Waals surface area contributed by atoms with Gasteiger partial charge in [-0.3, -0.25) is 0 Å². The molecule has 0 atom stereocenters. The number of benzene rings is 1. The fourth-order valence-electron chi connectivity index (χ4n) is 1.88. The average Bonchev–Trinajstić information content (AvgIpc) is 2.92. The molecular weight excluding hydrogens is 292 g/mol. The highest BCUT2D eigenvalue weighted by molar-refractivity contribution is 7.89. The number of hydrogen-bond acceptors (Lipinski definition) is 4. The van der Waals surface area contributed by atoms with E-state index in [0.717, 1.165) is 5.56 Å². The molecule has 1 aromatic carbocycles. The van der Waals surface area contributed by atoms with E-state index in [1.165, 1.54) is 0 Å². The van der Waals surface area contributed by atoms with E-state index in [2.05, 4.69) is 10.0 Å². The summed E-state index contributed by atoms with van der Waals surface area (Å²) < 4.78 is 27.3. The first-order valence-corrected chi connectivity index (χ1v) is 8.89. The Morgan fingerprint density at radius 2 is 2.00 bits per heavy atom. The van der Waals surface area contributed by atoms with Crippen LogP contribution in [0.5, 0.6) is 0 Å². The Hall–Kier alpha value is -1.37.